The van der Waals surface area contributed by atoms with Gasteiger partial charge >= 0.3 is 0 Å². The molecule has 1 heterocycles. The second-order valence-corrected chi connectivity index (χ2v) is 2.87. The minimum absolute atomic E-state index is 0.683. The van der Waals surface area contributed by atoms with Crippen molar-refractivity contribution in [1.82, 2.24) is 9.78 Å². The molecule has 0 saturated heterocycles. The van der Waals surface area contributed by atoms with E-state index in [0.717, 1.165) is 17.4 Å². The minimum Gasteiger partial charge on any atom is -0.272 e. The molecule has 2 aromatic rings. The number of benzene rings is 1. The van der Waals surface area contributed by atoms with Gasteiger partial charge < -0.3 is 0 Å². The van der Waals surface area contributed by atoms with Crippen molar-refractivity contribution in [2.24, 2.45) is 0 Å². The van der Waals surface area contributed by atoms with Crippen molar-refractivity contribution >= 4 is 10.9 Å². The van der Waals surface area contributed by atoms with Gasteiger partial charge in [-0.25, -0.2) is 0 Å². The first-order valence-corrected chi connectivity index (χ1v) is 4.21. The zero-order chi connectivity index (χ0) is 9.26. The van der Waals surface area contributed by atoms with Crippen LogP contribution in [0.25, 0.3) is 10.9 Å². The Morgan fingerprint density at radius 1 is 1.54 bits per heavy atom. The lowest BCUT2D eigenvalue weighted by Gasteiger charge is -1.88. The quantitative estimate of drug-likeness (QED) is 0.657. The predicted octanol–water partition coefficient (Wildman–Crippen LogP) is 1.93. The molecule has 0 unspecified atom stereocenters. The number of aromatic nitrogens is 2. The molecule has 2 rings (SSSR count). The third-order valence-corrected chi connectivity index (χ3v) is 2.00. The Morgan fingerprint density at radius 3 is 3.08 bits per heavy atom. The molecule has 3 heteroatoms. The number of aryl methyl sites for hydroxylation is 1. The van der Waals surface area contributed by atoms with Gasteiger partial charge in [0.15, 0.2) is 0 Å². The van der Waals surface area contributed by atoms with Gasteiger partial charge in [0.2, 0.25) is 0 Å². The molecule has 0 aliphatic rings. The Kier molecular flexibility index (Phi) is 1.75. The highest BCUT2D eigenvalue weighted by Gasteiger charge is 1.99. The summed E-state index contributed by atoms with van der Waals surface area (Å²) in [6, 6.07) is 7.63. The maximum Gasteiger partial charge on any atom is 0.0991 e. The fourth-order valence-electron chi connectivity index (χ4n) is 1.31. The van der Waals surface area contributed by atoms with E-state index in [0.29, 0.717) is 5.56 Å². The molecule has 13 heavy (non-hydrogen) atoms. The van der Waals surface area contributed by atoms with Gasteiger partial charge in [-0.1, -0.05) is 0 Å². The molecule has 3 nitrogen and oxygen atoms in total. The molecular formula is C10H9N3. The normalized spacial score (nSPS) is 10.2. The Labute approximate surface area is 76.2 Å². The van der Waals surface area contributed by atoms with E-state index in [1.54, 1.807) is 6.07 Å². The fraction of sp³-hybridized carbons (Fsp3) is 0.200. The summed E-state index contributed by atoms with van der Waals surface area (Å²) < 4.78 is 1.87. The minimum atomic E-state index is 0.683. The van der Waals surface area contributed by atoms with E-state index in [1.165, 1.54) is 0 Å². The Bertz CT molecular complexity index is 476. The van der Waals surface area contributed by atoms with Crippen LogP contribution < -0.4 is 0 Å². The smallest absolute Gasteiger partial charge is 0.0991 e. The summed E-state index contributed by atoms with van der Waals surface area (Å²) in [7, 11) is 0. The monoisotopic (exact) mass is 171 g/mol. The van der Waals surface area contributed by atoms with Crippen molar-refractivity contribution < 1.29 is 0 Å². The van der Waals surface area contributed by atoms with E-state index in [-0.39, 0.29) is 0 Å². The zero-order valence-electron chi connectivity index (χ0n) is 7.36. The lowest BCUT2D eigenvalue weighted by molar-refractivity contribution is 0.668. The van der Waals surface area contributed by atoms with Crippen LogP contribution in [-0.4, -0.2) is 9.78 Å². The molecule has 0 amide bonds. The highest BCUT2D eigenvalue weighted by Crippen LogP contribution is 2.13. The van der Waals surface area contributed by atoms with Crippen LogP contribution >= 0.6 is 0 Å². The van der Waals surface area contributed by atoms with Crippen molar-refractivity contribution in [2.45, 2.75) is 13.5 Å². The van der Waals surface area contributed by atoms with Crippen LogP contribution in [0.15, 0.2) is 24.4 Å². The summed E-state index contributed by atoms with van der Waals surface area (Å²) in [4.78, 5) is 0. The summed E-state index contributed by atoms with van der Waals surface area (Å²) in [6.45, 7) is 2.90. The molecule has 0 spiro atoms. The Morgan fingerprint density at radius 2 is 2.38 bits per heavy atom. The van der Waals surface area contributed by atoms with Crippen LogP contribution in [0.3, 0.4) is 0 Å². The van der Waals surface area contributed by atoms with Gasteiger partial charge in [0.05, 0.1) is 17.1 Å². The lowest BCUT2D eigenvalue weighted by atomic mass is 10.2. The first-order valence-electron chi connectivity index (χ1n) is 4.21. The van der Waals surface area contributed by atoms with Crippen molar-refractivity contribution in [1.29, 1.82) is 5.26 Å². The van der Waals surface area contributed by atoms with E-state index in [4.69, 9.17) is 5.26 Å². The topological polar surface area (TPSA) is 41.6 Å². The van der Waals surface area contributed by atoms with E-state index in [2.05, 4.69) is 11.2 Å². The average Bonchev–Trinajstić information content (AvgIpc) is 2.58. The summed E-state index contributed by atoms with van der Waals surface area (Å²) in [5, 5.41) is 14.0. The number of fused-ring (bicyclic) bond motifs is 1. The SMILES string of the molecule is CCn1cc2cc(C#N)ccc2n1. The van der Waals surface area contributed by atoms with E-state index < -0.39 is 0 Å². The molecule has 0 saturated carbocycles. The van der Waals surface area contributed by atoms with Crippen LogP contribution in [0.5, 0.6) is 0 Å². The number of nitriles is 1. The van der Waals surface area contributed by atoms with Crippen LogP contribution in [0.2, 0.25) is 0 Å². The summed E-state index contributed by atoms with van der Waals surface area (Å²) >= 11 is 0. The molecule has 0 bridgehead atoms. The molecule has 64 valence electrons. The molecule has 0 N–H and O–H groups in total. The molecule has 1 aromatic carbocycles. The number of rotatable bonds is 1. The van der Waals surface area contributed by atoms with Gasteiger partial charge in [-0.15, -0.1) is 0 Å². The van der Waals surface area contributed by atoms with Crippen LogP contribution in [0, 0.1) is 11.3 Å². The van der Waals surface area contributed by atoms with Crippen LogP contribution in [-0.2, 0) is 6.54 Å². The zero-order valence-corrected chi connectivity index (χ0v) is 7.36. The highest BCUT2D eigenvalue weighted by atomic mass is 15.3. The largest absolute Gasteiger partial charge is 0.272 e. The third-order valence-electron chi connectivity index (χ3n) is 2.00. The van der Waals surface area contributed by atoms with Gasteiger partial charge in [-0.05, 0) is 25.1 Å². The second-order valence-electron chi connectivity index (χ2n) is 2.87. The second kappa shape index (κ2) is 2.91. The predicted molar refractivity (Wildman–Crippen MR) is 50.1 cm³/mol. The molecule has 1 aromatic heterocycles. The molecule has 0 atom stereocenters. The van der Waals surface area contributed by atoms with E-state index in [9.17, 15) is 0 Å². The van der Waals surface area contributed by atoms with Crippen LogP contribution in [0.1, 0.15) is 12.5 Å². The van der Waals surface area contributed by atoms with Crippen molar-refractivity contribution in [2.75, 3.05) is 0 Å². The molecule has 0 aliphatic carbocycles. The Hall–Kier alpha value is -1.82. The van der Waals surface area contributed by atoms with E-state index >= 15 is 0 Å². The average molecular weight is 171 g/mol. The number of nitrogens with zero attached hydrogens (tertiary/aromatic N) is 3. The summed E-state index contributed by atoms with van der Waals surface area (Å²) in [5.74, 6) is 0. The van der Waals surface area contributed by atoms with Gasteiger partial charge in [-0.2, -0.15) is 10.4 Å². The van der Waals surface area contributed by atoms with Gasteiger partial charge in [0.25, 0.3) is 0 Å². The first kappa shape index (κ1) is 7.81. The summed E-state index contributed by atoms with van der Waals surface area (Å²) in [5.41, 5.74) is 1.63. The van der Waals surface area contributed by atoms with Crippen molar-refractivity contribution in [3.8, 4) is 6.07 Å². The van der Waals surface area contributed by atoms with Gasteiger partial charge in [0, 0.05) is 18.1 Å². The molecule has 0 fully saturated rings. The van der Waals surface area contributed by atoms with Gasteiger partial charge in [-0.3, -0.25) is 4.68 Å². The van der Waals surface area contributed by atoms with E-state index in [1.807, 2.05) is 29.9 Å². The fourth-order valence-corrected chi connectivity index (χ4v) is 1.31. The summed E-state index contributed by atoms with van der Waals surface area (Å²) in [6.07, 6.45) is 1.95. The molecule has 0 radical (unpaired) electrons. The number of hydrogen-bond donors (Lipinski definition) is 0. The maximum absolute atomic E-state index is 8.68. The third kappa shape index (κ3) is 1.27. The Balaban J connectivity index is 2.65. The van der Waals surface area contributed by atoms with Crippen molar-refractivity contribution in [3.63, 3.8) is 0 Å². The maximum atomic E-state index is 8.68. The molecular weight excluding hydrogens is 162 g/mol. The highest BCUT2D eigenvalue weighted by molar-refractivity contribution is 5.79. The molecule has 0 aliphatic heterocycles. The van der Waals surface area contributed by atoms with Crippen molar-refractivity contribution in [3.05, 3.63) is 30.0 Å². The number of hydrogen-bond acceptors (Lipinski definition) is 2. The lowest BCUT2D eigenvalue weighted by Crippen LogP contribution is -1.92. The van der Waals surface area contributed by atoms with Crippen LogP contribution in [0.4, 0.5) is 0 Å². The standard InChI is InChI=1S/C10H9N3/c1-2-13-7-9-5-8(6-11)3-4-10(9)12-13/h3-5,7H,2H2,1H3. The first-order chi connectivity index (χ1) is 6.33. The van der Waals surface area contributed by atoms with Gasteiger partial charge in [0.1, 0.15) is 0 Å².